The number of hydrogen-bond acceptors (Lipinski definition) is 3. The minimum Gasteiger partial charge on any atom is -0.495 e. The molecule has 0 aliphatic carbocycles. The van der Waals surface area contributed by atoms with Crippen molar-refractivity contribution in [3.05, 3.63) is 53.6 Å². The van der Waals surface area contributed by atoms with Crippen molar-refractivity contribution in [1.82, 2.24) is 4.90 Å². The first-order valence-electron chi connectivity index (χ1n) is 8.59. The second-order valence-electron chi connectivity index (χ2n) is 6.38. The predicted molar refractivity (Wildman–Crippen MR) is 109 cm³/mol. The number of ether oxygens (including phenoxy) is 1. The molecule has 0 saturated carbocycles. The highest BCUT2D eigenvalue weighted by Gasteiger charge is 2.21. The molecule has 2 aromatic rings. The molecule has 25 heavy (non-hydrogen) atoms. The average Bonchev–Trinajstić information content (AvgIpc) is 2.65. The van der Waals surface area contributed by atoms with Gasteiger partial charge in [0.2, 0.25) is 0 Å². The number of nitrogens with zero attached hydrogens (tertiary/aromatic N) is 2. The first-order chi connectivity index (χ1) is 12.1. The van der Waals surface area contributed by atoms with E-state index in [4.69, 9.17) is 17.0 Å². The fourth-order valence-electron chi connectivity index (χ4n) is 3.06. The van der Waals surface area contributed by atoms with Crippen molar-refractivity contribution < 1.29 is 4.74 Å². The van der Waals surface area contributed by atoms with E-state index in [1.807, 2.05) is 12.1 Å². The molecule has 0 spiro atoms. The second kappa shape index (κ2) is 7.74. The van der Waals surface area contributed by atoms with Crippen LogP contribution in [0.25, 0.3) is 0 Å². The molecule has 2 aromatic carbocycles. The molecule has 3 rings (SSSR count). The molecule has 0 amide bonds. The number of nitrogens with one attached hydrogen (secondary N) is 1. The molecule has 0 aromatic heterocycles. The zero-order chi connectivity index (χ0) is 17.8. The third-order valence-corrected chi connectivity index (χ3v) is 5.11. The van der Waals surface area contributed by atoms with E-state index in [0.29, 0.717) is 0 Å². The maximum absolute atomic E-state index is 5.61. The van der Waals surface area contributed by atoms with Gasteiger partial charge in [0, 0.05) is 31.9 Å². The van der Waals surface area contributed by atoms with E-state index in [2.05, 4.69) is 59.3 Å². The van der Waals surface area contributed by atoms with Crippen LogP contribution in [0.3, 0.4) is 0 Å². The number of para-hydroxylation sites is 2. The fraction of sp³-hybridized carbons (Fsp3) is 0.350. The van der Waals surface area contributed by atoms with Crippen molar-refractivity contribution in [3.63, 3.8) is 0 Å². The Labute approximate surface area is 155 Å². The van der Waals surface area contributed by atoms with Crippen LogP contribution in [0.2, 0.25) is 0 Å². The maximum atomic E-state index is 5.61. The summed E-state index contributed by atoms with van der Waals surface area (Å²) < 4.78 is 5.48. The molecule has 132 valence electrons. The average molecular weight is 356 g/mol. The quantitative estimate of drug-likeness (QED) is 0.845. The van der Waals surface area contributed by atoms with E-state index in [-0.39, 0.29) is 0 Å². The van der Waals surface area contributed by atoms with Crippen molar-refractivity contribution in [2.75, 3.05) is 43.5 Å². The fourth-order valence-corrected chi connectivity index (χ4v) is 3.36. The van der Waals surface area contributed by atoms with Crippen molar-refractivity contribution in [3.8, 4) is 5.75 Å². The Morgan fingerprint density at radius 2 is 1.72 bits per heavy atom. The first kappa shape index (κ1) is 17.5. The highest BCUT2D eigenvalue weighted by molar-refractivity contribution is 7.80. The summed E-state index contributed by atoms with van der Waals surface area (Å²) in [6, 6.07) is 14.5. The van der Waals surface area contributed by atoms with Gasteiger partial charge in [-0.15, -0.1) is 0 Å². The SMILES string of the molecule is COc1ccccc1N1CCN(C(=S)Nc2ccc(C)c(C)c2)CC1. The van der Waals surface area contributed by atoms with Crippen LogP contribution in [0.15, 0.2) is 42.5 Å². The summed E-state index contributed by atoms with van der Waals surface area (Å²) >= 11 is 5.61. The number of rotatable bonds is 3. The molecule has 0 radical (unpaired) electrons. The summed E-state index contributed by atoms with van der Waals surface area (Å²) in [5, 5.41) is 4.17. The van der Waals surface area contributed by atoms with Gasteiger partial charge >= 0.3 is 0 Å². The lowest BCUT2D eigenvalue weighted by Crippen LogP contribution is -2.50. The molecular formula is C20H25N3OS. The van der Waals surface area contributed by atoms with Gasteiger partial charge in [0.1, 0.15) is 5.75 Å². The number of piperazine rings is 1. The third-order valence-electron chi connectivity index (χ3n) is 4.75. The van der Waals surface area contributed by atoms with E-state index in [1.54, 1.807) is 7.11 Å². The molecule has 1 aliphatic rings. The number of aryl methyl sites for hydroxylation is 2. The minimum absolute atomic E-state index is 0.794. The van der Waals surface area contributed by atoms with E-state index in [9.17, 15) is 0 Å². The summed E-state index contributed by atoms with van der Waals surface area (Å²) in [6.45, 7) is 7.89. The predicted octanol–water partition coefficient (Wildman–Crippen LogP) is 3.83. The van der Waals surface area contributed by atoms with Crippen LogP contribution >= 0.6 is 12.2 Å². The number of hydrogen-bond donors (Lipinski definition) is 1. The number of anilines is 2. The van der Waals surface area contributed by atoms with Crippen molar-refractivity contribution in [2.24, 2.45) is 0 Å². The number of methoxy groups -OCH3 is 1. The van der Waals surface area contributed by atoms with E-state index >= 15 is 0 Å². The normalized spacial score (nSPS) is 14.4. The molecule has 1 heterocycles. The Hall–Kier alpha value is -2.27. The molecule has 1 aliphatic heterocycles. The number of thiocarbonyl (C=S) groups is 1. The van der Waals surface area contributed by atoms with Crippen molar-refractivity contribution in [2.45, 2.75) is 13.8 Å². The van der Waals surface area contributed by atoms with E-state index in [1.165, 1.54) is 11.1 Å². The van der Waals surface area contributed by atoms with Crippen LogP contribution in [0, 0.1) is 13.8 Å². The zero-order valence-corrected chi connectivity index (χ0v) is 15.9. The smallest absolute Gasteiger partial charge is 0.173 e. The lowest BCUT2D eigenvalue weighted by Gasteiger charge is -2.37. The Bertz CT molecular complexity index is 754. The molecule has 1 fully saturated rings. The molecule has 0 atom stereocenters. The van der Waals surface area contributed by atoms with Gasteiger partial charge in [-0.3, -0.25) is 0 Å². The van der Waals surface area contributed by atoms with Crippen LogP contribution < -0.4 is 15.0 Å². The lowest BCUT2D eigenvalue weighted by atomic mass is 10.1. The van der Waals surface area contributed by atoms with E-state index < -0.39 is 0 Å². The summed E-state index contributed by atoms with van der Waals surface area (Å²) in [4.78, 5) is 4.59. The summed E-state index contributed by atoms with van der Waals surface area (Å²) in [7, 11) is 1.72. The molecular weight excluding hydrogens is 330 g/mol. The monoisotopic (exact) mass is 355 g/mol. The van der Waals surface area contributed by atoms with Gasteiger partial charge in [-0.25, -0.2) is 0 Å². The van der Waals surface area contributed by atoms with E-state index in [0.717, 1.165) is 48.4 Å². The van der Waals surface area contributed by atoms with Crippen molar-refractivity contribution >= 4 is 28.7 Å². The highest BCUT2D eigenvalue weighted by Crippen LogP contribution is 2.28. The van der Waals surface area contributed by atoms with Crippen molar-refractivity contribution in [1.29, 1.82) is 0 Å². The van der Waals surface area contributed by atoms with Gasteiger partial charge in [0.25, 0.3) is 0 Å². The van der Waals surface area contributed by atoms with Crippen LogP contribution in [0.1, 0.15) is 11.1 Å². The molecule has 4 nitrogen and oxygen atoms in total. The van der Waals surface area contributed by atoms with Gasteiger partial charge in [0.15, 0.2) is 5.11 Å². The van der Waals surface area contributed by atoms with Crippen LogP contribution in [-0.2, 0) is 0 Å². The maximum Gasteiger partial charge on any atom is 0.173 e. The Morgan fingerprint density at radius 3 is 2.40 bits per heavy atom. The minimum atomic E-state index is 0.794. The first-order valence-corrected chi connectivity index (χ1v) is 9.00. The second-order valence-corrected chi connectivity index (χ2v) is 6.76. The van der Waals surface area contributed by atoms with Gasteiger partial charge < -0.3 is 19.9 Å². The Morgan fingerprint density at radius 1 is 1.00 bits per heavy atom. The lowest BCUT2D eigenvalue weighted by molar-refractivity contribution is 0.382. The van der Waals surface area contributed by atoms with Gasteiger partial charge in [-0.05, 0) is 61.5 Å². The van der Waals surface area contributed by atoms with Crippen LogP contribution in [0.4, 0.5) is 11.4 Å². The molecule has 0 unspecified atom stereocenters. The molecule has 0 bridgehead atoms. The Kier molecular flexibility index (Phi) is 5.43. The standard InChI is InChI=1S/C20H25N3OS/c1-15-8-9-17(14-16(15)2)21-20(25)23-12-10-22(11-13-23)18-6-4-5-7-19(18)24-3/h4-9,14H,10-13H2,1-3H3,(H,21,25). The van der Waals surface area contributed by atoms with Crippen LogP contribution in [0.5, 0.6) is 5.75 Å². The largest absolute Gasteiger partial charge is 0.495 e. The van der Waals surface area contributed by atoms with Gasteiger partial charge in [-0.2, -0.15) is 0 Å². The third kappa shape index (κ3) is 4.04. The van der Waals surface area contributed by atoms with Gasteiger partial charge in [0.05, 0.1) is 12.8 Å². The topological polar surface area (TPSA) is 27.7 Å². The zero-order valence-electron chi connectivity index (χ0n) is 15.1. The highest BCUT2D eigenvalue weighted by atomic mass is 32.1. The number of benzene rings is 2. The van der Waals surface area contributed by atoms with Gasteiger partial charge in [-0.1, -0.05) is 18.2 Å². The molecule has 5 heteroatoms. The van der Waals surface area contributed by atoms with Crippen LogP contribution in [-0.4, -0.2) is 43.3 Å². The molecule has 1 N–H and O–H groups in total. The summed E-state index contributed by atoms with van der Waals surface area (Å²) in [5.74, 6) is 0.923. The Balaban J connectivity index is 1.60. The molecule has 1 saturated heterocycles. The summed E-state index contributed by atoms with van der Waals surface area (Å²) in [6.07, 6.45) is 0. The summed E-state index contributed by atoms with van der Waals surface area (Å²) in [5.41, 5.74) is 4.77.